The quantitative estimate of drug-likeness (QED) is 0.876. The smallest absolute Gasteiger partial charge is 0.0890 e. The predicted molar refractivity (Wildman–Crippen MR) is 71.1 cm³/mol. The molecule has 1 aromatic heterocycles. The van der Waals surface area contributed by atoms with Crippen LogP contribution in [0.4, 0.5) is 0 Å². The average molecular weight is 229 g/mol. The number of hydrogen-bond acceptors (Lipinski definition) is 3. The van der Waals surface area contributed by atoms with Gasteiger partial charge in [0.15, 0.2) is 0 Å². The summed E-state index contributed by atoms with van der Waals surface area (Å²) in [5.74, 6) is 0.377. The summed E-state index contributed by atoms with van der Waals surface area (Å²) >= 11 is 0. The van der Waals surface area contributed by atoms with Crippen LogP contribution in [0.3, 0.4) is 0 Å². The van der Waals surface area contributed by atoms with E-state index in [1.807, 2.05) is 37.5 Å². The molecule has 17 heavy (non-hydrogen) atoms. The molecule has 0 saturated carbocycles. The summed E-state index contributed by atoms with van der Waals surface area (Å²) in [6.45, 7) is 4.38. The van der Waals surface area contributed by atoms with Crippen molar-refractivity contribution >= 4 is 11.0 Å². The minimum Gasteiger partial charge on any atom is -0.316 e. The van der Waals surface area contributed by atoms with Gasteiger partial charge in [-0.15, -0.1) is 0 Å². The van der Waals surface area contributed by atoms with E-state index in [9.17, 15) is 0 Å². The van der Waals surface area contributed by atoms with E-state index in [4.69, 9.17) is 0 Å². The molecular formula is C14H19N3. The highest BCUT2D eigenvalue weighted by atomic mass is 14.9. The van der Waals surface area contributed by atoms with Crippen LogP contribution in [0.5, 0.6) is 0 Å². The molecule has 0 radical (unpaired) electrons. The zero-order valence-corrected chi connectivity index (χ0v) is 10.6. The summed E-state index contributed by atoms with van der Waals surface area (Å²) in [7, 11) is 2.00. The molecule has 0 fully saturated rings. The Morgan fingerprint density at radius 3 is 2.59 bits per heavy atom. The SMILES string of the molecule is CCC(NC)C(C)c1cnc2ccccc2n1. The highest BCUT2D eigenvalue weighted by Gasteiger charge is 2.17. The Bertz CT molecular complexity index is 492. The molecule has 3 nitrogen and oxygen atoms in total. The van der Waals surface area contributed by atoms with E-state index in [2.05, 4.69) is 29.1 Å². The highest BCUT2D eigenvalue weighted by molar-refractivity contribution is 5.73. The van der Waals surface area contributed by atoms with Gasteiger partial charge in [0.05, 0.1) is 16.7 Å². The third-order valence-electron chi connectivity index (χ3n) is 3.35. The van der Waals surface area contributed by atoms with Crippen molar-refractivity contribution in [2.45, 2.75) is 32.2 Å². The van der Waals surface area contributed by atoms with Crippen molar-refractivity contribution in [1.29, 1.82) is 0 Å². The first-order valence-electron chi connectivity index (χ1n) is 6.15. The van der Waals surface area contributed by atoms with Crippen molar-refractivity contribution in [3.8, 4) is 0 Å². The first-order valence-corrected chi connectivity index (χ1v) is 6.15. The number of fused-ring (bicyclic) bond motifs is 1. The molecule has 2 rings (SSSR count). The lowest BCUT2D eigenvalue weighted by atomic mass is 9.96. The van der Waals surface area contributed by atoms with E-state index < -0.39 is 0 Å². The molecule has 0 amide bonds. The maximum absolute atomic E-state index is 4.69. The summed E-state index contributed by atoms with van der Waals surface area (Å²) < 4.78 is 0. The second-order valence-corrected chi connectivity index (χ2v) is 4.38. The number of nitrogens with one attached hydrogen (secondary N) is 1. The largest absolute Gasteiger partial charge is 0.316 e. The van der Waals surface area contributed by atoms with E-state index in [0.29, 0.717) is 12.0 Å². The van der Waals surface area contributed by atoms with Crippen LogP contribution >= 0.6 is 0 Å². The molecule has 0 aliphatic carbocycles. The summed E-state index contributed by atoms with van der Waals surface area (Å²) in [5.41, 5.74) is 2.99. The summed E-state index contributed by atoms with van der Waals surface area (Å²) in [4.78, 5) is 9.15. The number of aromatic nitrogens is 2. The standard InChI is InChI=1S/C14H19N3/c1-4-11(15-3)10(2)14-9-16-12-7-5-6-8-13(12)17-14/h5-11,15H,4H2,1-3H3. The average Bonchev–Trinajstić information content (AvgIpc) is 2.39. The van der Waals surface area contributed by atoms with Crippen molar-refractivity contribution in [3.05, 3.63) is 36.2 Å². The molecule has 0 saturated heterocycles. The Morgan fingerprint density at radius 2 is 1.94 bits per heavy atom. The minimum absolute atomic E-state index is 0.377. The molecule has 1 N–H and O–H groups in total. The Kier molecular flexibility index (Phi) is 3.69. The lowest BCUT2D eigenvalue weighted by Crippen LogP contribution is -2.30. The summed E-state index contributed by atoms with van der Waals surface area (Å²) in [5, 5.41) is 3.33. The zero-order valence-electron chi connectivity index (χ0n) is 10.6. The molecule has 0 aliphatic heterocycles. The third-order valence-corrected chi connectivity index (χ3v) is 3.35. The molecule has 3 heteroatoms. The van der Waals surface area contributed by atoms with E-state index in [1.54, 1.807) is 0 Å². The predicted octanol–water partition coefficient (Wildman–Crippen LogP) is 2.73. The fourth-order valence-corrected chi connectivity index (χ4v) is 2.20. The molecular weight excluding hydrogens is 210 g/mol. The molecule has 2 aromatic rings. The van der Waals surface area contributed by atoms with Crippen LogP contribution in [0.2, 0.25) is 0 Å². The van der Waals surface area contributed by atoms with Gasteiger partial charge >= 0.3 is 0 Å². The van der Waals surface area contributed by atoms with Crippen LogP contribution in [-0.2, 0) is 0 Å². The number of rotatable bonds is 4. The lowest BCUT2D eigenvalue weighted by Gasteiger charge is -2.21. The number of likely N-dealkylation sites (N-methyl/N-ethyl adjacent to an activating group) is 1. The van der Waals surface area contributed by atoms with Crippen LogP contribution in [-0.4, -0.2) is 23.1 Å². The molecule has 0 bridgehead atoms. The second kappa shape index (κ2) is 5.23. The van der Waals surface area contributed by atoms with Gasteiger partial charge in [-0.1, -0.05) is 26.0 Å². The second-order valence-electron chi connectivity index (χ2n) is 4.38. The number of hydrogen-bond donors (Lipinski definition) is 1. The Morgan fingerprint density at radius 1 is 1.24 bits per heavy atom. The van der Waals surface area contributed by atoms with Crippen molar-refractivity contribution in [3.63, 3.8) is 0 Å². The van der Waals surface area contributed by atoms with Gasteiger partial charge in [0.1, 0.15) is 0 Å². The van der Waals surface area contributed by atoms with Crippen LogP contribution in [0, 0.1) is 0 Å². The van der Waals surface area contributed by atoms with Gasteiger partial charge in [-0.25, -0.2) is 4.98 Å². The molecule has 90 valence electrons. The minimum atomic E-state index is 0.377. The van der Waals surface area contributed by atoms with E-state index in [1.165, 1.54) is 0 Å². The number of para-hydroxylation sites is 2. The zero-order chi connectivity index (χ0) is 12.3. The van der Waals surface area contributed by atoms with Crippen molar-refractivity contribution in [2.75, 3.05) is 7.05 Å². The maximum atomic E-state index is 4.69. The monoisotopic (exact) mass is 229 g/mol. The molecule has 2 unspecified atom stereocenters. The number of nitrogens with zero attached hydrogens (tertiary/aromatic N) is 2. The molecule has 0 aliphatic rings. The topological polar surface area (TPSA) is 37.8 Å². The maximum Gasteiger partial charge on any atom is 0.0890 e. The van der Waals surface area contributed by atoms with E-state index in [0.717, 1.165) is 23.1 Å². The molecule has 1 aromatic carbocycles. The van der Waals surface area contributed by atoms with Gasteiger partial charge in [-0.05, 0) is 25.6 Å². The fourth-order valence-electron chi connectivity index (χ4n) is 2.20. The van der Waals surface area contributed by atoms with Gasteiger partial charge in [-0.3, -0.25) is 4.98 Å². The van der Waals surface area contributed by atoms with Crippen LogP contribution in [0.1, 0.15) is 31.9 Å². The van der Waals surface area contributed by atoms with Gasteiger partial charge in [-0.2, -0.15) is 0 Å². The summed E-state index contributed by atoms with van der Waals surface area (Å²) in [6, 6.07) is 8.44. The summed E-state index contributed by atoms with van der Waals surface area (Å²) in [6.07, 6.45) is 2.99. The molecule has 2 atom stereocenters. The molecule has 0 spiro atoms. The number of benzene rings is 1. The van der Waals surface area contributed by atoms with Gasteiger partial charge in [0.25, 0.3) is 0 Å². The van der Waals surface area contributed by atoms with E-state index >= 15 is 0 Å². The third kappa shape index (κ3) is 2.44. The van der Waals surface area contributed by atoms with Gasteiger partial charge in [0.2, 0.25) is 0 Å². The van der Waals surface area contributed by atoms with Crippen molar-refractivity contribution < 1.29 is 0 Å². The van der Waals surface area contributed by atoms with Gasteiger partial charge < -0.3 is 5.32 Å². The highest BCUT2D eigenvalue weighted by Crippen LogP contribution is 2.20. The normalized spacial score (nSPS) is 14.8. The Balaban J connectivity index is 2.35. The Labute approximate surface area is 102 Å². The van der Waals surface area contributed by atoms with E-state index in [-0.39, 0.29) is 0 Å². The fraction of sp³-hybridized carbons (Fsp3) is 0.429. The lowest BCUT2D eigenvalue weighted by molar-refractivity contribution is 0.465. The van der Waals surface area contributed by atoms with Crippen LogP contribution in [0.25, 0.3) is 11.0 Å². The first kappa shape index (κ1) is 12.0. The first-order chi connectivity index (χ1) is 8.26. The van der Waals surface area contributed by atoms with Crippen LogP contribution < -0.4 is 5.32 Å². The Hall–Kier alpha value is -1.48. The van der Waals surface area contributed by atoms with Crippen molar-refractivity contribution in [1.82, 2.24) is 15.3 Å². The van der Waals surface area contributed by atoms with Crippen LogP contribution in [0.15, 0.2) is 30.5 Å². The van der Waals surface area contributed by atoms with Crippen molar-refractivity contribution in [2.24, 2.45) is 0 Å². The van der Waals surface area contributed by atoms with Gasteiger partial charge in [0, 0.05) is 18.2 Å². The molecule has 1 heterocycles.